The van der Waals surface area contributed by atoms with Crippen molar-refractivity contribution in [2.24, 2.45) is 0 Å². The van der Waals surface area contributed by atoms with Gasteiger partial charge in [0.1, 0.15) is 11.5 Å². The molecule has 110 valence electrons. The average molecular weight is 350 g/mol. The van der Waals surface area contributed by atoms with Crippen molar-refractivity contribution in [1.29, 1.82) is 0 Å². The zero-order chi connectivity index (χ0) is 15.4. The van der Waals surface area contributed by atoms with Gasteiger partial charge < -0.3 is 14.7 Å². The topological polar surface area (TPSA) is 49.8 Å². The van der Waals surface area contributed by atoms with Crippen molar-refractivity contribution >= 4 is 21.8 Å². The summed E-state index contributed by atoms with van der Waals surface area (Å²) in [5, 5.41) is 9.83. The maximum absolute atomic E-state index is 12.4. The Kier molecular flexibility index (Phi) is 4.85. The fourth-order valence-electron chi connectivity index (χ4n) is 2.05. The summed E-state index contributed by atoms with van der Waals surface area (Å²) in [6, 6.07) is 12.3. The molecule has 0 fully saturated rings. The Morgan fingerprint density at radius 1 is 1.29 bits per heavy atom. The predicted molar refractivity (Wildman–Crippen MR) is 84.6 cm³/mol. The molecule has 0 radical (unpaired) electrons. The van der Waals surface area contributed by atoms with Gasteiger partial charge in [-0.15, -0.1) is 0 Å². The van der Waals surface area contributed by atoms with Crippen molar-refractivity contribution in [2.75, 3.05) is 14.2 Å². The van der Waals surface area contributed by atoms with E-state index in [0.29, 0.717) is 6.54 Å². The normalized spacial score (nSPS) is 10.2. The number of para-hydroxylation sites is 1. The van der Waals surface area contributed by atoms with Gasteiger partial charge in [-0.1, -0.05) is 34.1 Å². The minimum Gasteiger partial charge on any atom is -0.507 e. The van der Waals surface area contributed by atoms with Crippen LogP contribution in [0.3, 0.4) is 0 Å². The van der Waals surface area contributed by atoms with Gasteiger partial charge in [0.05, 0.1) is 12.7 Å². The summed E-state index contributed by atoms with van der Waals surface area (Å²) >= 11 is 3.30. The van der Waals surface area contributed by atoms with Crippen LogP contribution in [0.25, 0.3) is 0 Å². The lowest BCUT2D eigenvalue weighted by Gasteiger charge is -2.19. The van der Waals surface area contributed by atoms with E-state index >= 15 is 0 Å². The summed E-state index contributed by atoms with van der Waals surface area (Å²) in [6.45, 7) is 0.398. The zero-order valence-electron chi connectivity index (χ0n) is 11.8. The van der Waals surface area contributed by atoms with Gasteiger partial charge in [-0.2, -0.15) is 0 Å². The lowest BCUT2D eigenvalue weighted by Crippen LogP contribution is -2.26. The van der Waals surface area contributed by atoms with Crippen LogP contribution >= 0.6 is 15.9 Å². The van der Waals surface area contributed by atoms with Crippen LogP contribution in [-0.4, -0.2) is 30.1 Å². The molecule has 0 aromatic heterocycles. The highest BCUT2D eigenvalue weighted by Gasteiger charge is 2.17. The van der Waals surface area contributed by atoms with E-state index in [2.05, 4.69) is 15.9 Å². The van der Waals surface area contributed by atoms with Gasteiger partial charge in [-0.05, 0) is 24.3 Å². The number of amides is 1. The summed E-state index contributed by atoms with van der Waals surface area (Å²) in [4.78, 5) is 14.0. The maximum Gasteiger partial charge on any atom is 0.257 e. The standard InChI is InChI=1S/C16H16BrNO3/c1-18(10-11-5-3-4-6-15(11)21-2)16(20)13-9-12(17)7-8-14(13)19/h3-9,19H,10H2,1-2H3. The van der Waals surface area contributed by atoms with Crippen molar-refractivity contribution < 1.29 is 14.6 Å². The van der Waals surface area contributed by atoms with Crippen LogP contribution in [0, 0.1) is 0 Å². The van der Waals surface area contributed by atoms with E-state index < -0.39 is 0 Å². The molecule has 0 spiro atoms. The van der Waals surface area contributed by atoms with Gasteiger partial charge in [-0.25, -0.2) is 0 Å². The first-order valence-electron chi connectivity index (χ1n) is 6.39. The summed E-state index contributed by atoms with van der Waals surface area (Å²) in [5.74, 6) is 0.449. The largest absolute Gasteiger partial charge is 0.507 e. The first-order valence-corrected chi connectivity index (χ1v) is 7.18. The zero-order valence-corrected chi connectivity index (χ0v) is 13.4. The molecule has 1 N–H and O–H groups in total. The third-order valence-electron chi connectivity index (χ3n) is 3.14. The van der Waals surface area contributed by atoms with Crippen LogP contribution in [0.4, 0.5) is 0 Å². The second kappa shape index (κ2) is 6.63. The SMILES string of the molecule is COc1ccccc1CN(C)C(=O)c1cc(Br)ccc1O. The Balaban J connectivity index is 2.22. The van der Waals surface area contributed by atoms with Gasteiger partial charge in [0, 0.05) is 23.6 Å². The highest BCUT2D eigenvalue weighted by molar-refractivity contribution is 9.10. The lowest BCUT2D eigenvalue weighted by molar-refractivity contribution is 0.0781. The Labute approximate surface area is 132 Å². The van der Waals surface area contributed by atoms with E-state index in [4.69, 9.17) is 4.74 Å². The predicted octanol–water partition coefficient (Wildman–Crippen LogP) is 3.44. The fourth-order valence-corrected chi connectivity index (χ4v) is 2.41. The molecular formula is C16H16BrNO3. The number of phenolic OH excluding ortho intramolecular Hbond substituents is 1. The second-order valence-electron chi connectivity index (χ2n) is 4.63. The van der Waals surface area contributed by atoms with Crippen molar-refractivity contribution in [3.63, 3.8) is 0 Å². The number of methoxy groups -OCH3 is 1. The number of carbonyl (C=O) groups excluding carboxylic acids is 1. The van der Waals surface area contributed by atoms with Gasteiger partial charge in [0.15, 0.2) is 0 Å². The van der Waals surface area contributed by atoms with Crippen LogP contribution in [0.15, 0.2) is 46.9 Å². The van der Waals surface area contributed by atoms with Crippen LogP contribution in [0.1, 0.15) is 15.9 Å². The molecule has 0 aliphatic carbocycles. The number of ether oxygens (including phenoxy) is 1. The quantitative estimate of drug-likeness (QED) is 0.919. The third-order valence-corrected chi connectivity index (χ3v) is 3.63. The average Bonchev–Trinajstić information content (AvgIpc) is 2.49. The number of hydrogen-bond donors (Lipinski definition) is 1. The Bertz CT molecular complexity index is 658. The molecule has 0 saturated carbocycles. The summed E-state index contributed by atoms with van der Waals surface area (Å²) in [5.41, 5.74) is 1.17. The highest BCUT2D eigenvalue weighted by atomic mass is 79.9. The van der Waals surface area contributed by atoms with E-state index in [1.165, 1.54) is 6.07 Å². The summed E-state index contributed by atoms with van der Waals surface area (Å²) in [6.07, 6.45) is 0. The molecule has 0 heterocycles. The molecule has 0 saturated heterocycles. The van der Waals surface area contributed by atoms with E-state index in [0.717, 1.165) is 15.8 Å². The second-order valence-corrected chi connectivity index (χ2v) is 5.55. The molecule has 5 heteroatoms. The van der Waals surface area contributed by atoms with Gasteiger partial charge in [0.25, 0.3) is 5.91 Å². The highest BCUT2D eigenvalue weighted by Crippen LogP contribution is 2.25. The van der Waals surface area contributed by atoms with Crippen molar-refractivity contribution in [2.45, 2.75) is 6.54 Å². The van der Waals surface area contributed by atoms with Gasteiger partial charge in [0.2, 0.25) is 0 Å². The monoisotopic (exact) mass is 349 g/mol. The van der Waals surface area contributed by atoms with Crippen molar-refractivity contribution in [3.8, 4) is 11.5 Å². The van der Waals surface area contributed by atoms with Crippen LogP contribution in [-0.2, 0) is 6.54 Å². The molecule has 4 nitrogen and oxygen atoms in total. The molecule has 0 unspecified atom stereocenters. The van der Waals surface area contributed by atoms with Crippen LogP contribution in [0.2, 0.25) is 0 Å². The molecule has 2 aromatic rings. The Morgan fingerprint density at radius 2 is 2.00 bits per heavy atom. The lowest BCUT2D eigenvalue weighted by atomic mass is 10.1. The molecule has 1 amide bonds. The molecule has 0 aliphatic rings. The van der Waals surface area contributed by atoms with Gasteiger partial charge >= 0.3 is 0 Å². The molecule has 21 heavy (non-hydrogen) atoms. The fraction of sp³-hybridized carbons (Fsp3) is 0.188. The van der Waals surface area contributed by atoms with E-state index in [9.17, 15) is 9.90 Å². The molecule has 0 aliphatic heterocycles. The molecule has 0 bridgehead atoms. The van der Waals surface area contributed by atoms with E-state index in [1.807, 2.05) is 24.3 Å². The molecule has 2 rings (SSSR count). The number of benzene rings is 2. The first-order chi connectivity index (χ1) is 10.0. The number of rotatable bonds is 4. The van der Waals surface area contributed by atoms with Crippen LogP contribution < -0.4 is 4.74 Å². The van der Waals surface area contributed by atoms with Crippen molar-refractivity contribution in [1.82, 2.24) is 4.90 Å². The molecule has 0 atom stereocenters. The smallest absolute Gasteiger partial charge is 0.257 e. The first kappa shape index (κ1) is 15.4. The number of hydrogen-bond acceptors (Lipinski definition) is 3. The Morgan fingerprint density at radius 3 is 2.71 bits per heavy atom. The number of nitrogens with zero attached hydrogens (tertiary/aromatic N) is 1. The minimum atomic E-state index is -0.250. The number of halogens is 1. The number of carbonyl (C=O) groups is 1. The minimum absolute atomic E-state index is 0.0323. The van der Waals surface area contributed by atoms with E-state index in [-0.39, 0.29) is 17.2 Å². The Hall–Kier alpha value is -2.01. The van der Waals surface area contributed by atoms with Crippen LogP contribution in [0.5, 0.6) is 11.5 Å². The molecular weight excluding hydrogens is 334 g/mol. The van der Waals surface area contributed by atoms with Gasteiger partial charge in [-0.3, -0.25) is 4.79 Å². The molecule has 2 aromatic carbocycles. The summed E-state index contributed by atoms with van der Waals surface area (Å²) < 4.78 is 6.02. The summed E-state index contributed by atoms with van der Waals surface area (Å²) in [7, 11) is 3.29. The maximum atomic E-state index is 12.4. The van der Waals surface area contributed by atoms with Crippen molar-refractivity contribution in [3.05, 3.63) is 58.1 Å². The number of phenols is 1. The van der Waals surface area contributed by atoms with E-state index in [1.54, 1.807) is 31.2 Å². The number of aromatic hydroxyl groups is 1. The third kappa shape index (κ3) is 3.55.